The van der Waals surface area contributed by atoms with Gasteiger partial charge in [0.15, 0.2) is 0 Å². The Morgan fingerprint density at radius 3 is 2.52 bits per heavy atom. The number of aromatic nitrogens is 1. The molecular weight excluding hydrogens is 379 g/mol. The van der Waals surface area contributed by atoms with E-state index in [2.05, 4.69) is 4.90 Å². The average molecular weight is 395 g/mol. The monoisotopic (exact) mass is 394 g/mol. The van der Waals surface area contributed by atoms with Gasteiger partial charge in [-0.1, -0.05) is 41.4 Å². The Labute approximate surface area is 156 Å². The Balaban J connectivity index is 2.12. The molecule has 1 aromatic heterocycles. The maximum atomic E-state index is 13.2. The number of halogens is 2. The minimum atomic E-state index is -3.78. The zero-order valence-electron chi connectivity index (χ0n) is 13.8. The normalized spacial score (nSPS) is 14.9. The van der Waals surface area contributed by atoms with E-state index in [4.69, 9.17) is 23.2 Å². The topological polar surface area (TPSA) is 42.3 Å². The lowest BCUT2D eigenvalue weighted by molar-refractivity contribution is 0.414. The molecule has 0 aliphatic carbocycles. The maximum absolute atomic E-state index is 13.2. The molecule has 2 aromatic carbocycles. The highest BCUT2D eigenvalue weighted by atomic mass is 35.5. The summed E-state index contributed by atoms with van der Waals surface area (Å²) < 4.78 is 27.9. The molecule has 0 unspecified atom stereocenters. The van der Waals surface area contributed by atoms with Crippen LogP contribution in [0.25, 0.3) is 22.2 Å². The quantitative estimate of drug-likeness (QED) is 0.520. The molecule has 1 aliphatic heterocycles. The van der Waals surface area contributed by atoms with Gasteiger partial charge in [-0.05, 0) is 44.3 Å². The molecule has 0 bridgehead atoms. The van der Waals surface area contributed by atoms with E-state index in [1.54, 1.807) is 12.1 Å². The van der Waals surface area contributed by atoms with E-state index >= 15 is 0 Å². The Kier molecular flexibility index (Phi) is 3.88. The van der Waals surface area contributed by atoms with Crippen molar-refractivity contribution in [1.29, 1.82) is 0 Å². The van der Waals surface area contributed by atoms with Gasteiger partial charge in [-0.3, -0.25) is 0 Å². The van der Waals surface area contributed by atoms with E-state index in [0.717, 1.165) is 23.9 Å². The van der Waals surface area contributed by atoms with Gasteiger partial charge in [0.2, 0.25) is 0 Å². The lowest BCUT2D eigenvalue weighted by Gasteiger charge is -2.10. The summed E-state index contributed by atoms with van der Waals surface area (Å²) in [6, 6.07) is 11.0. The summed E-state index contributed by atoms with van der Waals surface area (Å²) >= 11 is 12.3. The molecule has 1 aliphatic rings. The van der Waals surface area contributed by atoms with Crippen molar-refractivity contribution in [2.75, 3.05) is 20.6 Å². The van der Waals surface area contributed by atoms with Crippen LogP contribution in [0.5, 0.6) is 0 Å². The van der Waals surface area contributed by atoms with Crippen molar-refractivity contribution in [3.63, 3.8) is 0 Å². The van der Waals surface area contributed by atoms with Crippen molar-refractivity contribution in [2.45, 2.75) is 11.3 Å². The zero-order valence-corrected chi connectivity index (χ0v) is 16.1. The van der Waals surface area contributed by atoms with E-state index in [9.17, 15) is 8.42 Å². The lowest BCUT2D eigenvalue weighted by Crippen LogP contribution is -2.15. The van der Waals surface area contributed by atoms with Crippen LogP contribution in [0.4, 0.5) is 0 Å². The first-order chi connectivity index (χ1) is 11.8. The number of fused-ring (bicyclic) bond motifs is 5. The molecule has 0 radical (unpaired) electrons. The van der Waals surface area contributed by atoms with Crippen molar-refractivity contribution in [1.82, 2.24) is 8.87 Å². The Morgan fingerprint density at radius 1 is 1.08 bits per heavy atom. The van der Waals surface area contributed by atoms with Gasteiger partial charge in [0.25, 0.3) is 10.0 Å². The Hall–Kier alpha value is -1.53. The molecule has 0 atom stereocenters. The summed E-state index contributed by atoms with van der Waals surface area (Å²) in [4.78, 5) is 2.19. The molecule has 0 N–H and O–H groups in total. The molecule has 130 valence electrons. The minimum absolute atomic E-state index is 0.0884. The molecular formula is C18H16Cl2N2O2S. The maximum Gasteiger partial charge on any atom is 0.270 e. The zero-order chi connectivity index (χ0) is 17.9. The van der Waals surface area contributed by atoms with Gasteiger partial charge in [-0.25, -0.2) is 12.4 Å². The molecule has 0 spiro atoms. The first-order valence-electron chi connectivity index (χ1n) is 7.85. The third-order valence-electron chi connectivity index (χ3n) is 4.55. The van der Waals surface area contributed by atoms with Crippen molar-refractivity contribution >= 4 is 44.1 Å². The van der Waals surface area contributed by atoms with Crippen molar-refractivity contribution in [3.8, 4) is 11.3 Å². The first kappa shape index (κ1) is 16.9. The van der Waals surface area contributed by atoms with Gasteiger partial charge in [-0.2, -0.15) is 0 Å². The molecule has 0 fully saturated rings. The summed E-state index contributed by atoms with van der Waals surface area (Å²) in [7, 11) is 0.224. The molecule has 0 amide bonds. The fourth-order valence-electron chi connectivity index (χ4n) is 3.45. The highest BCUT2D eigenvalue weighted by Gasteiger charge is 2.39. The fourth-order valence-corrected chi connectivity index (χ4v) is 5.95. The fraction of sp³-hybridized carbons (Fsp3) is 0.222. The molecule has 3 aromatic rings. The van der Waals surface area contributed by atoms with E-state index in [0.29, 0.717) is 16.8 Å². The van der Waals surface area contributed by atoms with Crippen LogP contribution in [-0.2, 0) is 16.4 Å². The predicted octanol–water partition coefficient (Wildman–Crippen LogP) is 4.27. The number of para-hydroxylation sites is 1. The van der Waals surface area contributed by atoms with Crippen molar-refractivity contribution < 1.29 is 8.42 Å². The van der Waals surface area contributed by atoms with Crippen LogP contribution >= 0.6 is 23.2 Å². The van der Waals surface area contributed by atoms with Crippen LogP contribution in [0.1, 0.15) is 5.56 Å². The van der Waals surface area contributed by atoms with Crippen LogP contribution < -0.4 is 0 Å². The van der Waals surface area contributed by atoms with E-state index in [1.165, 1.54) is 3.97 Å². The number of nitrogens with zero attached hydrogens (tertiary/aromatic N) is 2. The summed E-state index contributed by atoms with van der Waals surface area (Å²) in [5, 5.41) is 1.29. The van der Waals surface area contributed by atoms with Gasteiger partial charge in [0.05, 0.1) is 21.3 Å². The van der Waals surface area contributed by atoms with Gasteiger partial charge in [0, 0.05) is 17.5 Å². The summed E-state index contributed by atoms with van der Waals surface area (Å²) in [6.45, 7) is 0.817. The van der Waals surface area contributed by atoms with Crippen LogP contribution in [0.15, 0.2) is 41.3 Å². The summed E-state index contributed by atoms with van der Waals surface area (Å²) in [5.74, 6) is 0. The largest absolute Gasteiger partial charge is 0.309 e. The molecule has 0 saturated heterocycles. The SMILES string of the molecule is CN(C)CCc1c2n(c3ccccc13)S(=O)(=O)c1c-2ccc(Cl)c1Cl. The van der Waals surface area contributed by atoms with E-state index in [1.807, 2.05) is 38.4 Å². The highest BCUT2D eigenvalue weighted by molar-refractivity contribution is 7.90. The number of hydrogen-bond acceptors (Lipinski definition) is 3. The van der Waals surface area contributed by atoms with Crippen LogP contribution in [-0.4, -0.2) is 37.9 Å². The van der Waals surface area contributed by atoms with E-state index < -0.39 is 10.0 Å². The highest BCUT2D eigenvalue weighted by Crippen LogP contribution is 2.48. The number of likely N-dealkylation sites (N-methyl/N-ethyl adjacent to an activating group) is 1. The second-order valence-corrected chi connectivity index (χ2v) is 8.91. The van der Waals surface area contributed by atoms with Gasteiger partial charge in [-0.15, -0.1) is 0 Å². The second-order valence-electron chi connectivity index (χ2n) is 6.41. The van der Waals surface area contributed by atoms with E-state index in [-0.39, 0.29) is 14.9 Å². The predicted molar refractivity (Wildman–Crippen MR) is 102 cm³/mol. The smallest absolute Gasteiger partial charge is 0.270 e. The molecule has 4 rings (SSSR count). The standard InChI is InChI=1S/C18H16Cl2N2O2S/c1-21(2)10-9-12-11-5-3-4-6-15(11)22-17(12)13-7-8-14(19)16(20)18(13)25(22,23)24/h3-8H,9-10H2,1-2H3. The first-order valence-corrected chi connectivity index (χ1v) is 10.0. The molecule has 0 saturated carbocycles. The van der Waals surface area contributed by atoms with Crippen LogP contribution in [0, 0.1) is 0 Å². The van der Waals surface area contributed by atoms with Gasteiger partial charge >= 0.3 is 0 Å². The minimum Gasteiger partial charge on any atom is -0.309 e. The molecule has 2 heterocycles. The second kappa shape index (κ2) is 5.74. The summed E-state index contributed by atoms with van der Waals surface area (Å²) in [6.07, 6.45) is 0.741. The lowest BCUT2D eigenvalue weighted by atomic mass is 10.0. The number of rotatable bonds is 3. The van der Waals surface area contributed by atoms with Crippen molar-refractivity contribution in [2.24, 2.45) is 0 Å². The summed E-state index contributed by atoms with van der Waals surface area (Å²) in [5.41, 5.74) is 3.02. The van der Waals surface area contributed by atoms with Crippen molar-refractivity contribution in [3.05, 3.63) is 52.0 Å². The molecule has 7 heteroatoms. The van der Waals surface area contributed by atoms with Crippen LogP contribution in [0.2, 0.25) is 10.0 Å². The van der Waals surface area contributed by atoms with Gasteiger partial charge < -0.3 is 4.90 Å². The number of hydrogen-bond donors (Lipinski definition) is 0. The number of benzene rings is 2. The molecule has 4 nitrogen and oxygen atoms in total. The van der Waals surface area contributed by atoms with Crippen LogP contribution in [0.3, 0.4) is 0 Å². The third kappa shape index (κ3) is 2.34. The third-order valence-corrected chi connectivity index (χ3v) is 7.27. The molecule has 25 heavy (non-hydrogen) atoms. The Bertz CT molecular complexity index is 1120. The Morgan fingerprint density at radius 2 is 1.80 bits per heavy atom. The van der Waals surface area contributed by atoms with Gasteiger partial charge in [0.1, 0.15) is 4.90 Å². The average Bonchev–Trinajstić information content (AvgIpc) is 3.01.